The molecule has 0 aliphatic heterocycles. The average Bonchev–Trinajstić information content (AvgIpc) is 3.66. The number of rotatable bonds is 6. The lowest BCUT2D eigenvalue weighted by Crippen LogP contribution is -2.29. The molecule has 0 amide bonds. The van der Waals surface area contributed by atoms with Gasteiger partial charge in [0.15, 0.2) is 5.82 Å². The first-order valence-corrected chi connectivity index (χ1v) is 23.1. The Labute approximate surface area is 391 Å². The second kappa shape index (κ2) is 15.8. The lowest BCUT2D eigenvalue weighted by Gasteiger charge is -2.35. The van der Waals surface area contributed by atoms with E-state index >= 15 is 0 Å². The lowest BCUT2D eigenvalue weighted by atomic mass is 9.65. The summed E-state index contributed by atoms with van der Waals surface area (Å²) in [6.07, 6.45) is 0. The molecule has 1 aromatic heterocycles. The number of hydrogen-bond donors (Lipinski definition) is 0. The topological polar surface area (TPSA) is 25.8 Å². The number of nitrogens with zero attached hydrogens (tertiary/aromatic N) is 2. The summed E-state index contributed by atoms with van der Waals surface area (Å²) in [7, 11) is 0. The third-order valence-corrected chi connectivity index (χ3v) is 13.9. The van der Waals surface area contributed by atoms with Crippen LogP contribution in [-0.4, -0.2) is 9.97 Å². The van der Waals surface area contributed by atoms with Crippen LogP contribution in [0.15, 0.2) is 255 Å². The van der Waals surface area contributed by atoms with Gasteiger partial charge in [0.25, 0.3) is 0 Å². The molecule has 0 atom stereocenters. The molecule has 2 heteroatoms. The fourth-order valence-corrected chi connectivity index (χ4v) is 10.9. The van der Waals surface area contributed by atoms with Gasteiger partial charge in [0, 0.05) is 16.7 Å². The van der Waals surface area contributed by atoms with Crippen molar-refractivity contribution in [1.29, 1.82) is 0 Å². The molecule has 67 heavy (non-hydrogen) atoms. The van der Waals surface area contributed by atoms with Crippen molar-refractivity contribution < 1.29 is 0 Å². The molecule has 312 valence electrons. The number of fused-ring (bicyclic) bond motifs is 12. The van der Waals surface area contributed by atoms with Crippen LogP contribution in [0.4, 0.5) is 0 Å². The van der Waals surface area contributed by atoms with Crippen molar-refractivity contribution in [2.75, 3.05) is 0 Å². The highest BCUT2D eigenvalue weighted by molar-refractivity contribution is 5.98. The quantitative estimate of drug-likeness (QED) is 0.167. The van der Waals surface area contributed by atoms with Crippen molar-refractivity contribution in [2.45, 2.75) is 5.41 Å². The summed E-state index contributed by atoms with van der Waals surface area (Å²) in [6.45, 7) is 0. The first-order valence-electron chi connectivity index (χ1n) is 23.1. The maximum absolute atomic E-state index is 5.60. The van der Waals surface area contributed by atoms with Crippen LogP contribution in [0.25, 0.3) is 101 Å². The molecule has 2 aliphatic rings. The summed E-state index contributed by atoms with van der Waals surface area (Å²) in [5.74, 6) is 0.671. The first-order chi connectivity index (χ1) is 33.2. The highest BCUT2D eigenvalue weighted by atomic mass is 14.9. The molecule has 0 bridgehead atoms. The Bertz CT molecular complexity index is 3580. The Balaban J connectivity index is 1.09. The highest BCUT2D eigenvalue weighted by Gasteiger charge is 2.49. The molecule has 0 saturated heterocycles. The number of benzene rings is 10. The molecule has 11 aromatic rings. The molecule has 10 aromatic carbocycles. The van der Waals surface area contributed by atoms with E-state index in [4.69, 9.17) is 9.97 Å². The van der Waals surface area contributed by atoms with Gasteiger partial charge in [-0.05, 0) is 125 Å². The number of aromatic nitrogens is 2. The fraction of sp³-hybridized carbons (Fsp3) is 0.0154. The second-order valence-electron chi connectivity index (χ2n) is 17.6. The second-order valence-corrected chi connectivity index (χ2v) is 17.6. The largest absolute Gasteiger partial charge is 0.228 e. The molecule has 0 unspecified atom stereocenters. The van der Waals surface area contributed by atoms with Crippen LogP contribution >= 0.6 is 0 Å². The average molecular weight is 851 g/mol. The van der Waals surface area contributed by atoms with Crippen molar-refractivity contribution in [3.8, 4) is 101 Å². The van der Waals surface area contributed by atoms with E-state index in [1.165, 1.54) is 55.6 Å². The Morgan fingerprint density at radius 2 is 0.567 bits per heavy atom. The van der Waals surface area contributed by atoms with E-state index in [-0.39, 0.29) is 0 Å². The summed E-state index contributed by atoms with van der Waals surface area (Å²) >= 11 is 0. The third kappa shape index (κ3) is 6.33. The first kappa shape index (κ1) is 38.7. The highest BCUT2D eigenvalue weighted by Crippen LogP contribution is 2.61. The molecule has 0 radical (unpaired) electrons. The van der Waals surface area contributed by atoms with Gasteiger partial charge in [-0.25, -0.2) is 9.97 Å². The van der Waals surface area contributed by atoms with E-state index in [2.05, 4.69) is 255 Å². The van der Waals surface area contributed by atoms with Crippen molar-refractivity contribution in [3.05, 3.63) is 277 Å². The van der Waals surface area contributed by atoms with Crippen molar-refractivity contribution >= 4 is 0 Å². The predicted molar refractivity (Wildman–Crippen MR) is 276 cm³/mol. The smallest absolute Gasteiger partial charge is 0.160 e. The van der Waals surface area contributed by atoms with Gasteiger partial charge >= 0.3 is 0 Å². The molecular weight excluding hydrogens is 809 g/mol. The van der Waals surface area contributed by atoms with E-state index in [0.717, 1.165) is 61.5 Å². The zero-order valence-corrected chi connectivity index (χ0v) is 36.6. The number of hydrogen-bond acceptors (Lipinski definition) is 2. The van der Waals surface area contributed by atoms with Gasteiger partial charge < -0.3 is 0 Å². The summed E-state index contributed by atoms with van der Waals surface area (Å²) in [4.78, 5) is 11.1. The van der Waals surface area contributed by atoms with Crippen LogP contribution in [0.2, 0.25) is 0 Å². The Kier molecular flexibility index (Phi) is 9.11. The Morgan fingerprint density at radius 3 is 1.09 bits per heavy atom. The maximum atomic E-state index is 5.60. The maximum Gasteiger partial charge on any atom is 0.160 e. The predicted octanol–water partition coefficient (Wildman–Crippen LogP) is 16.5. The van der Waals surface area contributed by atoms with Crippen molar-refractivity contribution in [2.24, 2.45) is 0 Å². The standard InChI is InChI=1S/C65H42N2/c1-4-19-43(20-5-1)46-25-18-26-47(37-46)62-42-63(67-64(66-62)51-39-49(44-21-6-2-7-22-44)38-50(40-51)45-23-8-3-9-24-45)48-35-36-57-53-28-11-10-27-52(53)54-29-12-15-32-58(54)65(61(57)41-48)59-33-16-13-30-55(59)56-31-14-17-34-60(56)65/h1-42H. The van der Waals surface area contributed by atoms with Gasteiger partial charge in [0.1, 0.15) is 0 Å². The van der Waals surface area contributed by atoms with Gasteiger partial charge in [0.05, 0.1) is 16.8 Å². The summed E-state index contributed by atoms with van der Waals surface area (Å²) in [5.41, 5.74) is 23.5. The normalized spacial score (nSPS) is 12.6. The monoisotopic (exact) mass is 850 g/mol. The van der Waals surface area contributed by atoms with Crippen LogP contribution in [0, 0.1) is 0 Å². The fourth-order valence-electron chi connectivity index (χ4n) is 10.9. The minimum Gasteiger partial charge on any atom is -0.228 e. The minimum absolute atomic E-state index is 0.606. The van der Waals surface area contributed by atoms with E-state index in [0.29, 0.717) is 5.82 Å². The molecule has 2 nitrogen and oxygen atoms in total. The third-order valence-electron chi connectivity index (χ3n) is 13.9. The summed E-state index contributed by atoms with van der Waals surface area (Å²) in [5, 5.41) is 0. The Morgan fingerprint density at radius 1 is 0.209 bits per heavy atom. The lowest BCUT2D eigenvalue weighted by molar-refractivity contribution is 0.775. The van der Waals surface area contributed by atoms with Crippen molar-refractivity contribution in [3.63, 3.8) is 0 Å². The van der Waals surface area contributed by atoms with E-state index < -0.39 is 5.41 Å². The van der Waals surface area contributed by atoms with E-state index in [1.54, 1.807) is 0 Å². The molecule has 0 N–H and O–H groups in total. The van der Waals surface area contributed by atoms with Crippen LogP contribution in [0.1, 0.15) is 22.3 Å². The molecule has 13 rings (SSSR count). The van der Waals surface area contributed by atoms with Gasteiger partial charge in [-0.2, -0.15) is 0 Å². The molecular formula is C65H42N2. The zero-order chi connectivity index (χ0) is 44.3. The van der Waals surface area contributed by atoms with Crippen LogP contribution in [0.3, 0.4) is 0 Å². The zero-order valence-electron chi connectivity index (χ0n) is 36.6. The van der Waals surface area contributed by atoms with Gasteiger partial charge in [-0.1, -0.05) is 218 Å². The Hall–Kier alpha value is -8.72. The van der Waals surface area contributed by atoms with Gasteiger partial charge in [0.2, 0.25) is 0 Å². The van der Waals surface area contributed by atoms with Crippen molar-refractivity contribution in [1.82, 2.24) is 9.97 Å². The van der Waals surface area contributed by atoms with E-state index in [1.807, 2.05) is 0 Å². The van der Waals surface area contributed by atoms with Crippen LogP contribution in [-0.2, 0) is 5.41 Å². The molecule has 2 aliphatic carbocycles. The summed E-state index contributed by atoms with van der Waals surface area (Å²) in [6, 6.07) is 92.6. The minimum atomic E-state index is -0.606. The van der Waals surface area contributed by atoms with Gasteiger partial charge in [-0.15, -0.1) is 0 Å². The van der Waals surface area contributed by atoms with Crippen LogP contribution < -0.4 is 0 Å². The summed E-state index contributed by atoms with van der Waals surface area (Å²) < 4.78 is 0. The SMILES string of the molecule is c1ccc(-c2cccc(-c3cc(-c4ccc5c(c4)C4(c6ccccc6-c6ccccc6-5)c5ccccc5-c5ccccc54)nc(-c4cc(-c5ccccc5)cc(-c5ccccc5)c4)n3)c2)cc1. The van der Waals surface area contributed by atoms with Gasteiger partial charge in [-0.3, -0.25) is 0 Å². The molecule has 0 fully saturated rings. The molecule has 1 spiro atoms. The van der Waals surface area contributed by atoms with E-state index in [9.17, 15) is 0 Å². The van der Waals surface area contributed by atoms with Crippen LogP contribution in [0.5, 0.6) is 0 Å². The molecule has 0 saturated carbocycles. The molecule has 1 heterocycles.